The van der Waals surface area contributed by atoms with Gasteiger partial charge in [-0.15, -0.1) is 0 Å². The maximum atomic E-state index is 11.1. The zero-order chi connectivity index (χ0) is 9.84. The van der Waals surface area contributed by atoms with E-state index in [0.29, 0.717) is 11.6 Å². The summed E-state index contributed by atoms with van der Waals surface area (Å²) in [5, 5.41) is 0. The van der Waals surface area contributed by atoms with Crippen LogP contribution < -0.4 is 10.5 Å². The Morgan fingerprint density at radius 1 is 1.62 bits per heavy atom. The van der Waals surface area contributed by atoms with Crippen molar-refractivity contribution in [3.05, 3.63) is 23.4 Å². The molecule has 2 N–H and O–H groups in total. The number of aryl methyl sites for hydroxylation is 1. The topological polar surface area (TPSA) is 65.2 Å². The molecule has 0 aliphatic rings. The summed E-state index contributed by atoms with van der Waals surface area (Å²) in [6.07, 6.45) is 0. The van der Waals surface area contributed by atoms with Crippen LogP contribution in [0.5, 0.6) is 5.88 Å². The van der Waals surface area contributed by atoms with Crippen LogP contribution >= 0.6 is 0 Å². The second kappa shape index (κ2) is 4.00. The van der Waals surface area contributed by atoms with Gasteiger partial charge in [-0.1, -0.05) is 6.07 Å². The van der Waals surface area contributed by atoms with E-state index in [4.69, 9.17) is 10.5 Å². The third-order valence-electron chi connectivity index (χ3n) is 1.71. The van der Waals surface area contributed by atoms with E-state index in [0.717, 1.165) is 5.56 Å². The molecule has 0 aliphatic carbocycles. The van der Waals surface area contributed by atoms with Gasteiger partial charge in [-0.3, -0.25) is 4.79 Å². The van der Waals surface area contributed by atoms with E-state index in [1.165, 1.54) is 7.11 Å². The first-order valence-corrected chi connectivity index (χ1v) is 3.94. The van der Waals surface area contributed by atoms with Gasteiger partial charge in [0.15, 0.2) is 5.78 Å². The van der Waals surface area contributed by atoms with E-state index < -0.39 is 0 Å². The third kappa shape index (κ3) is 2.03. The molecule has 1 aromatic rings. The molecular weight excluding hydrogens is 168 g/mol. The van der Waals surface area contributed by atoms with Gasteiger partial charge in [0, 0.05) is 5.56 Å². The van der Waals surface area contributed by atoms with Crippen LogP contribution in [0.1, 0.15) is 16.1 Å². The Hall–Kier alpha value is -1.42. The molecule has 0 aromatic carbocycles. The van der Waals surface area contributed by atoms with Gasteiger partial charge in [-0.25, -0.2) is 4.98 Å². The van der Waals surface area contributed by atoms with Gasteiger partial charge in [-0.05, 0) is 13.0 Å². The fraction of sp³-hybridized carbons (Fsp3) is 0.333. The first-order chi connectivity index (χ1) is 6.19. The molecule has 1 heterocycles. The summed E-state index contributed by atoms with van der Waals surface area (Å²) in [4.78, 5) is 15.2. The summed E-state index contributed by atoms with van der Waals surface area (Å²) in [6, 6.07) is 3.43. The lowest BCUT2D eigenvalue weighted by atomic mass is 10.2. The number of ether oxygens (including phenoxy) is 1. The van der Waals surface area contributed by atoms with Crippen LogP contribution in [0.3, 0.4) is 0 Å². The summed E-state index contributed by atoms with van der Waals surface area (Å²) < 4.78 is 4.98. The molecule has 1 rings (SSSR count). The van der Waals surface area contributed by atoms with E-state index in [-0.39, 0.29) is 12.3 Å². The quantitative estimate of drug-likeness (QED) is 0.689. The summed E-state index contributed by atoms with van der Waals surface area (Å²) >= 11 is 0. The Bertz CT molecular complexity index is 323. The number of carbonyl (C=O) groups excluding carboxylic acids is 1. The van der Waals surface area contributed by atoms with Crippen molar-refractivity contribution in [2.24, 2.45) is 5.73 Å². The number of carbonyl (C=O) groups is 1. The van der Waals surface area contributed by atoms with Gasteiger partial charge in [0.25, 0.3) is 0 Å². The lowest BCUT2D eigenvalue weighted by Crippen LogP contribution is -2.15. The lowest BCUT2D eigenvalue weighted by molar-refractivity contribution is 0.0996. The molecule has 0 unspecified atom stereocenters. The number of hydrogen-bond acceptors (Lipinski definition) is 4. The molecule has 4 nitrogen and oxygen atoms in total. The monoisotopic (exact) mass is 180 g/mol. The highest BCUT2D eigenvalue weighted by atomic mass is 16.5. The lowest BCUT2D eigenvalue weighted by Gasteiger charge is -2.04. The predicted octanol–water partition coefficient (Wildman–Crippen LogP) is 0.540. The number of rotatable bonds is 3. The maximum Gasteiger partial charge on any atom is 0.216 e. The average Bonchev–Trinajstić information content (AvgIpc) is 2.17. The van der Waals surface area contributed by atoms with Gasteiger partial charge in [-0.2, -0.15) is 0 Å². The molecule has 0 bridgehead atoms. The molecule has 1 aromatic heterocycles. The number of ketones is 1. The molecule has 0 saturated heterocycles. The van der Waals surface area contributed by atoms with Crippen molar-refractivity contribution in [2.75, 3.05) is 13.7 Å². The number of hydrogen-bond donors (Lipinski definition) is 1. The highest BCUT2D eigenvalue weighted by molar-refractivity contribution is 5.95. The molecule has 4 heteroatoms. The normalized spacial score (nSPS) is 9.77. The van der Waals surface area contributed by atoms with Gasteiger partial charge < -0.3 is 10.5 Å². The third-order valence-corrected chi connectivity index (χ3v) is 1.71. The molecule has 0 radical (unpaired) electrons. The fourth-order valence-corrected chi connectivity index (χ4v) is 0.977. The number of aromatic nitrogens is 1. The minimum Gasteiger partial charge on any atom is -0.481 e. The summed E-state index contributed by atoms with van der Waals surface area (Å²) in [5.41, 5.74) is 6.45. The van der Waals surface area contributed by atoms with Gasteiger partial charge in [0.2, 0.25) is 5.88 Å². The first-order valence-electron chi connectivity index (χ1n) is 3.94. The molecule has 0 amide bonds. The van der Waals surface area contributed by atoms with Crippen molar-refractivity contribution in [1.82, 2.24) is 4.98 Å². The van der Waals surface area contributed by atoms with Crippen molar-refractivity contribution in [3.63, 3.8) is 0 Å². The molecular formula is C9H12N2O2. The van der Waals surface area contributed by atoms with Crippen molar-refractivity contribution >= 4 is 5.78 Å². The molecule has 0 aliphatic heterocycles. The predicted molar refractivity (Wildman–Crippen MR) is 48.9 cm³/mol. The van der Waals surface area contributed by atoms with Crippen LogP contribution in [0.25, 0.3) is 0 Å². The second-order valence-electron chi connectivity index (χ2n) is 2.65. The largest absolute Gasteiger partial charge is 0.481 e. The van der Waals surface area contributed by atoms with Crippen LogP contribution in [0.15, 0.2) is 12.1 Å². The van der Waals surface area contributed by atoms with E-state index in [9.17, 15) is 4.79 Å². The SMILES string of the molecule is COc1nc(C(=O)CN)ccc1C. The summed E-state index contributed by atoms with van der Waals surface area (Å²) in [7, 11) is 1.52. The van der Waals surface area contributed by atoms with Crippen molar-refractivity contribution in [3.8, 4) is 5.88 Å². The minimum absolute atomic E-state index is 0.0286. The number of pyridine rings is 1. The summed E-state index contributed by atoms with van der Waals surface area (Å²) in [5.74, 6) is 0.289. The second-order valence-corrected chi connectivity index (χ2v) is 2.65. The van der Waals surface area contributed by atoms with E-state index in [2.05, 4.69) is 4.98 Å². The van der Waals surface area contributed by atoms with Gasteiger partial charge in [0.1, 0.15) is 5.69 Å². The Morgan fingerprint density at radius 3 is 2.85 bits per heavy atom. The Morgan fingerprint density at radius 2 is 2.31 bits per heavy atom. The minimum atomic E-state index is -0.182. The highest BCUT2D eigenvalue weighted by Gasteiger charge is 2.07. The van der Waals surface area contributed by atoms with Crippen molar-refractivity contribution in [2.45, 2.75) is 6.92 Å². The molecule has 70 valence electrons. The summed E-state index contributed by atoms with van der Waals surface area (Å²) in [6.45, 7) is 1.84. The number of nitrogens with two attached hydrogens (primary N) is 1. The van der Waals surface area contributed by atoms with Crippen molar-refractivity contribution in [1.29, 1.82) is 0 Å². The van der Waals surface area contributed by atoms with Crippen LogP contribution in [-0.2, 0) is 0 Å². The highest BCUT2D eigenvalue weighted by Crippen LogP contribution is 2.13. The Balaban J connectivity index is 3.06. The van der Waals surface area contributed by atoms with Gasteiger partial charge >= 0.3 is 0 Å². The average molecular weight is 180 g/mol. The van der Waals surface area contributed by atoms with E-state index in [1.54, 1.807) is 12.1 Å². The number of nitrogens with zero attached hydrogens (tertiary/aromatic N) is 1. The van der Waals surface area contributed by atoms with Crippen LogP contribution in [0.4, 0.5) is 0 Å². The fourth-order valence-electron chi connectivity index (χ4n) is 0.977. The molecule has 0 spiro atoms. The molecule has 0 saturated carbocycles. The molecule has 13 heavy (non-hydrogen) atoms. The van der Waals surface area contributed by atoms with E-state index in [1.807, 2.05) is 6.92 Å². The molecule has 0 fully saturated rings. The zero-order valence-electron chi connectivity index (χ0n) is 7.70. The Labute approximate surface area is 76.7 Å². The number of Topliss-reactive ketones (excluding diaryl/α,β-unsaturated/α-hetero) is 1. The van der Waals surface area contributed by atoms with E-state index >= 15 is 0 Å². The maximum absolute atomic E-state index is 11.1. The Kier molecular flexibility index (Phi) is 2.97. The van der Waals surface area contributed by atoms with Crippen LogP contribution in [0, 0.1) is 6.92 Å². The molecule has 0 atom stereocenters. The zero-order valence-corrected chi connectivity index (χ0v) is 7.70. The smallest absolute Gasteiger partial charge is 0.216 e. The van der Waals surface area contributed by atoms with Crippen molar-refractivity contribution < 1.29 is 9.53 Å². The first kappa shape index (κ1) is 9.67. The van der Waals surface area contributed by atoms with Crippen LogP contribution in [-0.4, -0.2) is 24.4 Å². The van der Waals surface area contributed by atoms with Gasteiger partial charge in [0.05, 0.1) is 13.7 Å². The number of methoxy groups -OCH3 is 1. The van der Waals surface area contributed by atoms with Crippen LogP contribution in [0.2, 0.25) is 0 Å². The standard InChI is InChI=1S/C9H12N2O2/c1-6-3-4-7(8(12)5-10)11-9(6)13-2/h3-4H,5,10H2,1-2H3.